The Morgan fingerprint density at radius 1 is 1.08 bits per heavy atom. The summed E-state index contributed by atoms with van der Waals surface area (Å²) < 4.78 is 5.85. The van der Waals surface area contributed by atoms with Gasteiger partial charge in [0.15, 0.2) is 5.78 Å². The first-order valence-electron chi connectivity index (χ1n) is 8.97. The molecule has 0 heterocycles. The standard InChI is InChI=1S/C22H28O2/c1-4-6-12-19(5-2)22(23)21-14-13-20(15-17(21)3)24-16-18-10-8-7-9-11-18/h7-11,13-15,19H,4-6,12,16H2,1-3H3. The van der Waals surface area contributed by atoms with Crippen molar-refractivity contribution < 1.29 is 9.53 Å². The van der Waals surface area contributed by atoms with Crippen LogP contribution in [-0.4, -0.2) is 5.78 Å². The molecule has 0 N–H and O–H groups in total. The Hall–Kier alpha value is -2.09. The number of hydrogen-bond donors (Lipinski definition) is 0. The van der Waals surface area contributed by atoms with Gasteiger partial charge >= 0.3 is 0 Å². The molecule has 128 valence electrons. The molecule has 2 aromatic carbocycles. The van der Waals surface area contributed by atoms with Gasteiger partial charge in [-0.2, -0.15) is 0 Å². The molecule has 1 unspecified atom stereocenters. The van der Waals surface area contributed by atoms with E-state index in [9.17, 15) is 4.79 Å². The molecule has 1 atom stereocenters. The summed E-state index contributed by atoms with van der Waals surface area (Å²) in [5, 5.41) is 0. The summed E-state index contributed by atoms with van der Waals surface area (Å²) in [6, 6.07) is 15.9. The SMILES string of the molecule is CCCCC(CC)C(=O)c1ccc(OCc2ccccc2)cc1C. The van der Waals surface area contributed by atoms with E-state index >= 15 is 0 Å². The van der Waals surface area contributed by atoms with Crippen LogP contribution in [0.25, 0.3) is 0 Å². The van der Waals surface area contributed by atoms with E-state index < -0.39 is 0 Å². The Morgan fingerprint density at radius 3 is 2.46 bits per heavy atom. The van der Waals surface area contributed by atoms with Crippen LogP contribution in [-0.2, 0) is 6.61 Å². The zero-order valence-corrected chi connectivity index (χ0v) is 15.0. The fraction of sp³-hybridized carbons (Fsp3) is 0.409. The van der Waals surface area contributed by atoms with Crippen LogP contribution in [0.1, 0.15) is 61.0 Å². The van der Waals surface area contributed by atoms with Crippen molar-refractivity contribution in [3.8, 4) is 5.75 Å². The van der Waals surface area contributed by atoms with Gasteiger partial charge < -0.3 is 4.74 Å². The van der Waals surface area contributed by atoms with Gasteiger partial charge in [0.2, 0.25) is 0 Å². The molecule has 0 aliphatic heterocycles. The lowest BCUT2D eigenvalue weighted by Gasteiger charge is -2.16. The molecular weight excluding hydrogens is 296 g/mol. The molecule has 0 amide bonds. The quantitative estimate of drug-likeness (QED) is 0.531. The highest BCUT2D eigenvalue weighted by Gasteiger charge is 2.19. The third-order valence-corrected chi connectivity index (χ3v) is 4.48. The van der Waals surface area contributed by atoms with Crippen LogP contribution in [0.3, 0.4) is 0 Å². The third kappa shape index (κ3) is 4.95. The van der Waals surface area contributed by atoms with E-state index in [2.05, 4.69) is 13.8 Å². The Labute approximate surface area is 145 Å². The molecule has 0 fully saturated rings. The summed E-state index contributed by atoms with van der Waals surface area (Å²) in [6.07, 6.45) is 4.14. The van der Waals surface area contributed by atoms with Crippen molar-refractivity contribution in [3.05, 3.63) is 65.2 Å². The summed E-state index contributed by atoms with van der Waals surface area (Å²) in [7, 11) is 0. The smallest absolute Gasteiger partial charge is 0.166 e. The first-order chi connectivity index (χ1) is 11.7. The second-order valence-corrected chi connectivity index (χ2v) is 6.36. The Bertz CT molecular complexity index is 646. The average Bonchev–Trinajstić information content (AvgIpc) is 2.61. The monoisotopic (exact) mass is 324 g/mol. The summed E-state index contributed by atoms with van der Waals surface area (Å²) in [5.74, 6) is 1.23. The van der Waals surface area contributed by atoms with Crippen LogP contribution in [0.15, 0.2) is 48.5 Å². The summed E-state index contributed by atoms with van der Waals surface area (Å²) in [5.41, 5.74) is 2.98. The minimum absolute atomic E-state index is 0.139. The molecule has 0 saturated carbocycles. The second-order valence-electron chi connectivity index (χ2n) is 6.36. The number of hydrogen-bond acceptors (Lipinski definition) is 2. The van der Waals surface area contributed by atoms with Crippen molar-refractivity contribution in [2.24, 2.45) is 5.92 Å². The summed E-state index contributed by atoms with van der Waals surface area (Å²) in [6.45, 7) is 6.81. The number of carbonyl (C=O) groups excluding carboxylic acids is 1. The first kappa shape index (κ1) is 18.3. The van der Waals surface area contributed by atoms with Crippen LogP contribution in [0, 0.1) is 12.8 Å². The molecule has 24 heavy (non-hydrogen) atoms. The van der Waals surface area contributed by atoms with E-state index in [1.807, 2.05) is 55.5 Å². The number of benzene rings is 2. The van der Waals surface area contributed by atoms with E-state index in [1.54, 1.807) is 0 Å². The highest BCUT2D eigenvalue weighted by Crippen LogP contribution is 2.24. The minimum atomic E-state index is 0.139. The second kappa shape index (κ2) is 9.27. The van der Waals surface area contributed by atoms with Crippen LogP contribution < -0.4 is 4.74 Å². The van der Waals surface area contributed by atoms with Crippen LogP contribution in [0.5, 0.6) is 5.75 Å². The van der Waals surface area contributed by atoms with Crippen LogP contribution >= 0.6 is 0 Å². The Balaban J connectivity index is 2.04. The van der Waals surface area contributed by atoms with E-state index in [0.717, 1.165) is 48.1 Å². The van der Waals surface area contributed by atoms with E-state index in [1.165, 1.54) is 0 Å². The van der Waals surface area contributed by atoms with Crippen LogP contribution in [0.4, 0.5) is 0 Å². The van der Waals surface area contributed by atoms with Gasteiger partial charge in [-0.25, -0.2) is 0 Å². The summed E-state index contributed by atoms with van der Waals surface area (Å²) in [4.78, 5) is 12.8. The van der Waals surface area contributed by atoms with Crippen molar-refractivity contribution in [2.45, 2.75) is 53.1 Å². The van der Waals surface area contributed by atoms with Crippen molar-refractivity contribution in [3.63, 3.8) is 0 Å². The average molecular weight is 324 g/mol. The van der Waals surface area contributed by atoms with E-state index in [-0.39, 0.29) is 11.7 Å². The highest BCUT2D eigenvalue weighted by atomic mass is 16.5. The number of unbranched alkanes of at least 4 members (excludes halogenated alkanes) is 1. The van der Waals surface area contributed by atoms with Crippen molar-refractivity contribution in [2.75, 3.05) is 0 Å². The van der Waals surface area contributed by atoms with Gasteiger partial charge in [-0.15, -0.1) is 0 Å². The molecule has 2 aromatic rings. The number of aryl methyl sites for hydroxylation is 1. The fourth-order valence-electron chi connectivity index (χ4n) is 2.93. The third-order valence-electron chi connectivity index (χ3n) is 4.48. The number of rotatable bonds is 9. The Morgan fingerprint density at radius 2 is 1.83 bits per heavy atom. The number of Topliss-reactive ketones (excluding diaryl/α,β-unsaturated/α-hetero) is 1. The largest absolute Gasteiger partial charge is 0.489 e. The zero-order valence-electron chi connectivity index (χ0n) is 15.0. The Kier molecular flexibility index (Phi) is 7.05. The molecule has 0 aliphatic carbocycles. The maximum Gasteiger partial charge on any atom is 0.166 e. The molecule has 0 radical (unpaired) electrons. The highest BCUT2D eigenvalue weighted by molar-refractivity contribution is 5.99. The number of ether oxygens (including phenoxy) is 1. The van der Waals surface area contributed by atoms with Crippen molar-refractivity contribution >= 4 is 5.78 Å². The van der Waals surface area contributed by atoms with Gasteiger partial charge in [0, 0.05) is 11.5 Å². The fourth-order valence-corrected chi connectivity index (χ4v) is 2.93. The normalized spacial score (nSPS) is 12.0. The maximum absolute atomic E-state index is 12.8. The molecule has 2 nitrogen and oxygen atoms in total. The molecule has 0 aromatic heterocycles. The topological polar surface area (TPSA) is 26.3 Å². The zero-order chi connectivity index (χ0) is 17.4. The lowest BCUT2D eigenvalue weighted by atomic mass is 9.89. The summed E-state index contributed by atoms with van der Waals surface area (Å²) >= 11 is 0. The predicted octanol–water partition coefficient (Wildman–Crippen LogP) is 5.97. The molecular formula is C22H28O2. The molecule has 0 saturated heterocycles. The number of ketones is 1. The lowest BCUT2D eigenvalue weighted by Crippen LogP contribution is -2.15. The van der Waals surface area contributed by atoms with Crippen molar-refractivity contribution in [1.82, 2.24) is 0 Å². The van der Waals surface area contributed by atoms with Crippen molar-refractivity contribution in [1.29, 1.82) is 0 Å². The van der Waals surface area contributed by atoms with Gasteiger partial charge in [0.1, 0.15) is 12.4 Å². The molecule has 0 aliphatic rings. The van der Waals surface area contributed by atoms with Gasteiger partial charge in [0.05, 0.1) is 0 Å². The van der Waals surface area contributed by atoms with E-state index in [0.29, 0.717) is 6.61 Å². The number of carbonyl (C=O) groups is 1. The molecule has 2 heteroatoms. The minimum Gasteiger partial charge on any atom is -0.489 e. The molecule has 0 spiro atoms. The lowest BCUT2D eigenvalue weighted by molar-refractivity contribution is 0.0907. The van der Waals surface area contributed by atoms with E-state index in [4.69, 9.17) is 4.74 Å². The van der Waals surface area contributed by atoms with Gasteiger partial charge in [-0.1, -0.05) is 57.0 Å². The molecule has 2 rings (SSSR count). The van der Waals surface area contributed by atoms with Crippen LogP contribution in [0.2, 0.25) is 0 Å². The molecule has 0 bridgehead atoms. The predicted molar refractivity (Wildman–Crippen MR) is 99.6 cm³/mol. The van der Waals surface area contributed by atoms with Gasteiger partial charge in [-0.3, -0.25) is 4.79 Å². The van der Waals surface area contributed by atoms with Gasteiger partial charge in [-0.05, 0) is 49.1 Å². The van der Waals surface area contributed by atoms with Gasteiger partial charge in [0.25, 0.3) is 0 Å². The maximum atomic E-state index is 12.8. The first-order valence-corrected chi connectivity index (χ1v) is 8.97.